The lowest BCUT2D eigenvalue weighted by molar-refractivity contribution is 0.487. The summed E-state index contributed by atoms with van der Waals surface area (Å²) in [6.45, 7) is 1.91. The van der Waals surface area contributed by atoms with Crippen molar-refractivity contribution in [1.29, 1.82) is 0 Å². The minimum atomic E-state index is -2.38. The van der Waals surface area contributed by atoms with E-state index in [1.54, 1.807) is 18.2 Å². The molecule has 0 saturated carbocycles. The largest absolute Gasteiger partial charge is 0.281 e. The van der Waals surface area contributed by atoms with Crippen LogP contribution in [0.5, 0.6) is 0 Å². The zero-order valence-electron chi connectivity index (χ0n) is 11.3. The molecule has 1 aromatic carbocycles. The van der Waals surface area contributed by atoms with Crippen LogP contribution in [-0.2, 0) is 9.93 Å². The van der Waals surface area contributed by atoms with Crippen LogP contribution in [0, 0.1) is 0 Å². The molecule has 1 aromatic rings. The Morgan fingerprint density at radius 1 is 1.26 bits per heavy atom. The van der Waals surface area contributed by atoms with Crippen molar-refractivity contribution in [2.45, 2.75) is 29.1 Å². The van der Waals surface area contributed by atoms with Crippen molar-refractivity contribution in [3.8, 4) is 0 Å². The Hall–Kier alpha value is -0.390. The number of hydrogen-bond donors (Lipinski definition) is 1. The minimum Gasteiger partial charge on any atom is -0.281 e. The third-order valence-corrected chi connectivity index (χ3v) is 7.07. The highest BCUT2D eigenvalue weighted by Crippen LogP contribution is 2.28. The minimum absolute atomic E-state index is 0.387. The molecule has 2 rings (SSSR count). The van der Waals surface area contributed by atoms with Gasteiger partial charge in [-0.25, -0.2) is 4.31 Å². The lowest BCUT2D eigenvalue weighted by Gasteiger charge is -2.19. The summed E-state index contributed by atoms with van der Waals surface area (Å²) in [5.41, 5.74) is 0. The molecule has 1 aliphatic rings. The maximum absolute atomic E-state index is 12.4. The maximum Gasteiger partial charge on any atom is 0.0902 e. The van der Waals surface area contributed by atoms with Gasteiger partial charge in [0.25, 0.3) is 0 Å². The summed E-state index contributed by atoms with van der Waals surface area (Å²) in [7, 11) is -2.38. The number of benzene rings is 1. The predicted molar refractivity (Wildman–Crippen MR) is 82.3 cm³/mol. The van der Waals surface area contributed by atoms with E-state index in [9.17, 15) is 8.60 Å². The molecule has 0 bridgehead atoms. The number of alkyl halides is 1. The molecule has 0 spiro atoms. The van der Waals surface area contributed by atoms with Gasteiger partial charge in [0.1, 0.15) is 0 Å². The fraction of sp³-hybridized carbons (Fsp3) is 0.571. The van der Waals surface area contributed by atoms with Gasteiger partial charge in [0.2, 0.25) is 0 Å². The van der Waals surface area contributed by atoms with Gasteiger partial charge in [-0.05, 0) is 61.7 Å². The summed E-state index contributed by atoms with van der Waals surface area (Å²) < 4.78 is 27.0. The van der Waals surface area contributed by atoms with E-state index in [-0.39, 0.29) is 6.67 Å². The van der Waals surface area contributed by atoms with Crippen molar-refractivity contribution in [1.82, 2.24) is 4.31 Å². The van der Waals surface area contributed by atoms with Gasteiger partial charge in [-0.3, -0.25) is 8.60 Å². The Bertz CT molecular complexity index is 443. The van der Waals surface area contributed by atoms with E-state index in [1.165, 1.54) is 17.7 Å². The van der Waals surface area contributed by atoms with Gasteiger partial charge in [-0.1, -0.05) is 9.93 Å². The zero-order valence-corrected chi connectivity index (χ0v) is 13.1. The molecule has 0 aromatic heterocycles. The Labute approximate surface area is 120 Å². The standard InChI is InChI=1S/C14H22FNOS2/c1-19(17,12-4-9-15)14-7-5-13(6-8-14)18-16-10-2-3-11-16/h5-8,19H,2-4,9-12H2,1H3. The molecule has 1 saturated heterocycles. The fourth-order valence-electron chi connectivity index (χ4n) is 2.24. The molecule has 1 aliphatic heterocycles. The van der Waals surface area contributed by atoms with Crippen LogP contribution in [0.15, 0.2) is 34.1 Å². The van der Waals surface area contributed by atoms with Crippen molar-refractivity contribution in [3.05, 3.63) is 24.3 Å². The Kier molecular flexibility index (Phi) is 5.42. The fourth-order valence-corrected chi connectivity index (χ4v) is 5.00. The molecule has 0 N–H and O–H groups in total. The van der Waals surface area contributed by atoms with Crippen LogP contribution in [0.25, 0.3) is 0 Å². The second-order valence-electron chi connectivity index (χ2n) is 5.09. The van der Waals surface area contributed by atoms with Crippen LogP contribution in [0.2, 0.25) is 0 Å². The number of thiol groups is 1. The van der Waals surface area contributed by atoms with Crippen molar-refractivity contribution in [3.63, 3.8) is 0 Å². The highest BCUT2D eigenvalue weighted by atomic mass is 32.2. The second-order valence-corrected chi connectivity index (χ2v) is 9.42. The quantitative estimate of drug-likeness (QED) is 0.644. The average Bonchev–Trinajstić information content (AvgIpc) is 2.90. The summed E-state index contributed by atoms with van der Waals surface area (Å²) in [6, 6.07) is 7.95. The van der Waals surface area contributed by atoms with Crippen molar-refractivity contribution >= 4 is 21.9 Å². The number of halogens is 1. The molecule has 5 heteroatoms. The highest BCUT2D eigenvalue weighted by Gasteiger charge is 2.14. The number of nitrogens with zero attached hydrogens (tertiary/aromatic N) is 1. The smallest absolute Gasteiger partial charge is 0.0902 e. The SMILES string of the molecule is C[SH](=O)(CCCF)c1ccc(SN2CCCC2)cc1. The predicted octanol–water partition coefficient (Wildman–Crippen LogP) is 3.15. The Morgan fingerprint density at radius 3 is 2.47 bits per heavy atom. The molecule has 0 atom stereocenters. The molecule has 1 heterocycles. The average molecular weight is 303 g/mol. The van der Waals surface area contributed by atoms with Crippen molar-refractivity contribution in [2.24, 2.45) is 0 Å². The summed E-state index contributed by atoms with van der Waals surface area (Å²) in [4.78, 5) is 2.06. The van der Waals surface area contributed by atoms with Gasteiger partial charge in [-0.15, -0.1) is 0 Å². The Balaban J connectivity index is 1.99. The molecular weight excluding hydrogens is 281 g/mol. The van der Waals surface area contributed by atoms with Gasteiger partial charge < -0.3 is 0 Å². The molecule has 1 fully saturated rings. The lowest BCUT2D eigenvalue weighted by atomic mass is 10.4. The maximum atomic E-state index is 12.4. The van der Waals surface area contributed by atoms with Gasteiger partial charge in [0, 0.05) is 28.6 Å². The molecule has 0 radical (unpaired) electrons. The Morgan fingerprint density at radius 2 is 1.89 bits per heavy atom. The first-order valence-corrected chi connectivity index (χ1v) is 9.89. The van der Waals surface area contributed by atoms with E-state index < -0.39 is 9.93 Å². The van der Waals surface area contributed by atoms with Crippen LogP contribution in [0.1, 0.15) is 19.3 Å². The first kappa shape index (κ1) is 15.0. The second kappa shape index (κ2) is 6.86. The van der Waals surface area contributed by atoms with E-state index >= 15 is 0 Å². The molecule has 108 valence electrons. The van der Waals surface area contributed by atoms with Gasteiger partial charge in [-0.2, -0.15) is 0 Å². The van der Waals surface area contributed by atoms with Gasteiger partial charge >= 0.3 is 0 Å². The molecule has 0 aliphatic carbocycles. The third-order valence-electron chi connectivity index (χ3n) is 3.40. The van der Waals surface area contributed by atoms with E-state index in [4.69, 9.17) is 0 Å². The van der Waals surface area contributed by atoms with Crippen LogP contribution >= 0.6 is 11.9 Å². The van der Waals surface area contributed by atoms with Crippen molar-refractivity contribution < 1.29 is 8.60 Å². The molecule has 0 amide bonds. The van der Waals surface area contributed by atoms with Crippen LogP contribution in [0.4, 0.5) is 4.39 Å². The first-order valence-electron chi connectivity index (χ1n) is 6.78. The van der Waals surface area contributed by atoms with E-state index in [0.717, 1.165) is 18.0 Å². The van der Waals surface area contributed by atoms with Gasteiger partial charge in [0.15, 0.2) is 0 Å². The van der Waals surface area contributed by atoms with Crippen LogP contribution < -0.4 is 0 Å². The van der Waals surface area contributed by atoms with Crippen LogP contribution in [0.3, 0.4) is 0 Å². The van der Waals surface area contributed by atoms with E-state index in [2.05, 4.69) is 4.31 Å². The monoisotopic (exact) mass is 303 g/mol. The van der Waals surface area contributed by atoms with Crippen LogP contribution in [-0.4, -0.2) is 40.3 Å². The normalized spacial score (nSPS) is 17.8. The first-order chi connectivity index (χ1) is 9.12. The highest BCUT2D eigenvalue weighted by molar-refractivity contribution is 8.02. The molecular formula is C14H22FNOS2. The zero-order chi connectivity index (χ0) is 13.7. The van der Waals surface area contributed by atoms with E-state index in [0.29, 0.717) is 12.2 Å². The van der Waals surface area contributed by atoms with E-state index in [1.807, 2.05) is 24.3 Å². The molecule has 2 nitrogen and oxygen atoms in total. The number of hydrogen-bond acceptors (Lipinski definition) is 3. The summed E-state index contributed by atoms with van der Waals surface area (Å²) >= 11 is 1.77. The summed E-state index contributed by atoms with van der Waals surface area (Å²) in [5.74, 6) is 0.460. The number of rotatable bonds is 6. The molecule has 0 unspecified atom stereocenters. The van der Waals surface area contributed by atoms with Crippen molar-refractivity contribution in [2.75, 3.05) is 31.8 Å². The summed E-state index contributed by atoms with van der Waals surface area (Å²) in [6.07, 6.45) is 4.69. The third kappa shape index (κ3) is 4.29. The molecule has 19 heavy (non-hydrogen) atoms. The van der Waals surface area contributed by atoms with Gasteiger partial charge in [0.05, 0.1) is 6.67 Å². The lowest BCUT2D eigenvalue weighted by Crippen LogP contribution is -2.15. The topological polar surface area (TPSA) is 20.3 Å². The summed E-state index contributed by atoms with van der Waals surface area (Å²) in [5, 5.41) is 0.